The van der Waals surface area contributed by atoms with Gasteiger partial charge in [-0.3, -0.25) is 4.79 Å². The first-order valence-corrected chi connectivity index (χ1v) is 6.02. The fourth-order valence-corrected chi connectivity index (χ4v) is 1.78. The van der Waals surface area contributed by atoms with Crippen LogP contribution in [0.25, 0.3) is 0 Å². The molecular formula is C14H14BNO4. The molecule has 6 heteroatoms. The molecule has 0 atom stereocenters. The summed E-state index contributed by atoms with van der Waals surface area (Å²) in [6.07, 6.45) is 0. The van der Waals surface area contributed by atoms with Gasteiger partial charge in [0.2, 0.25) is 0 Å². The van der Waals surface area contributed by atoms with Crippen LogP contribution < -0.4 is 15.5 Å². The predicted octanol–water partition coefficient (Wildman–Crippen LogP) is 0.627. The van der Waals surface area contributed by atoms with E-state index in [-0.39, 0.29) is 11.4 Å². The standard InChI is InChI=1S/C14H14BNO4/c1-20-13-8-3-2-7-12(13)16-14(17)10-5-4-6-11(9-10)15(18)19/h2-9,18-19H,1H3,(H,16,17). The van der Waals surface area contributed by atoms with Gasteiger partial charge in [-0.15, -0.1) is 0 Å². The normalized spacial score (nSPS) is 9.95. The molecule has 0 aliphatic carbocycles. The number of hydrogen-bond donors (Lipinski definition) is 3. The monoisotopic (exact) mass is 271 g/mol. The van der Waals surface area contributed by atoms with E-state index in [1.54, 1.807) is 36.4 Å². The van der Waals surface area contributed by atoms with Gasteiger partial charge in [-0.1, -0.05) is 24.3 Å². The second-order valence-corrected chi connectivity index (χ2v) is 4.15. The predicted molar refractivity (Wildman–Crippen MR) is 77.2 cm³/mol. The molecule has 0 bridgehead atoms. The Labute approximate surface area is 117 Å². The van der Waals surface area contributed by atoms with Crippen molar-refractivity contribution in [3.8, 4) is 5.75 Å². The van der Waals surface area contributed by atoms with Gasteiger partial charge in [-0.25, -0.2) is 0 Å². The van der Waals surface area contributed by atoms with Crippen LogP contribution in [0.15, 0.2) is 48.5 Å². The van der Waals surface area contributed by atoms with E-state index < -0.39 is 7.12 Å². The number of nitrogens with one attached hydrogen (secondary N) is 1. The van der Waals surface area contributed by atoms with Crippen molar-refractivity contribution < 1.29 is 19.6 Å². The highest BCUT2D eigenvalue weighted by molar-refractivity contribution is 6.58. The van der Waals surface area contributed by atoms with E-state index in [0.717, 1.165) is 0 Å². The molecule has 0 saturated heterocycles. The topological polar surface area (TPSA) is 78.8 Å². The maximum atomic E-state index is 12.1. The summed E-state index contributed by atoms with van der Waals surface area (Å²) in [5.74, 6) is 0.205. The first-order valence-electron chi connectivity index (χ1n) is 6.02. The number of para-hydroxylation sites is 2. The Morgan fingerprint density at radius 3 is 2.60 bits per heavy atom. The second kappa shape index (κ2) is 6.23. The van der Waals surface area contributed by atoms with Crippen molar-refractivity contribution in [3.63, 3.8) is 0 Å². The van der Waals surface area contributed by atoms with Crippen LogP contribution in [0, 0.1) is 0 Å². The van der Waals surface area contributed by atoms with Crippen molar-refractivity contribution in [2.75, 3.05) is 12.4 Å². The number of benzene rings is 2. The SMILES string of the molecule is COc1ccccc1NC(=O)c1cccc(B(O)O)c1. The highest BCUT2D eigenvalue weighted by Gasteiger charge is 2.14. The van der Waals surface area contributed by atoms with E-state index in [0.29, 0.717) is 17.0 Å². The summed E-state index contributed by atoms with van der Waals surface area (Å²) in [6.45, 7) is 0. The first-order chi connectivity index (χ1) is 9.61. The molecule has 0 aliphatic heterocycles. The third-order valence-electron chi connectivity index (χ3n) is 2.80. The fraction of sp³-hybridized carbons (Fsp3) is 0.0714. The Hall–Kier alpha value is -2.31. The molecule has 0 unspecified atom stereocenters. The average Bonchev–Trinajstić information content (AvgIpc) is 2.48. The molecule has 2 aromatic carbocycles. The van der Waals surface area contributed by atoms with Crippen LogP contribution in [-0.4, -0.2) is 30.2 Å². The summed E-state index contributed by atoms with van der Waals surface area (Å²) in [5, 5.41) is 20.9. The van der Waals surface area contributed by atoms with Gasteiger partial charge < -0.3 is 20.1 Å². The Balaban J connectivity index is 2.22. The third-order valence-corrected chi connectivity index (χ3v) is 2.80. The van der Waals surface area contributed by atoms with Gasteiger partial charge in [0, 0.05) is 5.56 Å². The number of anilines is 1. The van der Waals surface area contributed by atoms with Crippen LogP contribution in [0.4, 0.5) is 5.69 Å². The number of methoxy groups -OCH3 is 1. The van der Waals surface area contributed by atoms with Crippen molar-refractivity contribution in [2.24, 2.45) is 0 Å². The number of ether oxygens (including phenoxy) is 1. The van der Waals surface area contributed by atoms with Crippen molar-refractivity contribution in [1.82, 2.24) is 0 Å². The molecule has 0 spiro atoms. The fourth-order valence-electron chi connectivity index (χ4n) is 1.78. The summed E-state index contributed by atoms with van der Waals surface area (Å²) in [4.78, 5) is 12.1. The van der Waals surface area contributed by atoms with Crippen molar-refractivity contribution in [2.45, 2.75) is 0 Å². The highest BCUT2D eigenvalue weighted by atomic mass is 16.5. The largest absolute Gasteiger partial charge is 0.495 e. The van der Waals surface area contributed by atoms with E-state index in [2.05, 4.69) is 5.32 Å². The molecule has 1 amide bonds. The molecule has 20 heavy (non-hydrogen) atoms. The van der Waals surface area contributed by atoms with Crippen LogP contribution in [-0.2, 0) is 0 Å². The smallest absolute Gasteiger partial charge is 0.488 e. The molecule has 3 N–H and O–H groups in total. The van der Waals surface area contributed by atoms with Gasteiger partial charge in [0.15, 0.2) is 0 Å². The van der Waals surface area contributed by atoms with Crippen LogP contribution in [0.5, 0.6) is 5.75 Å². The van der Waals surface area contributed by atoms with E-state index in [4.69, 9.17) is 14.8 Å². The zero-order valence-corrected chi connectivity index (χ0v) is 10.9. The lowest BCUT2D eigenvalue weighted by Crippen LogP contribution is -2.30. The van der Waals surface area contributed by atoms with Gasteiger partial charge in [-0.05, 0) is 29.7 Å². The second-order valence-electron chi connectivity index (χ2n) is 4.15. The first kappa shape index (κ1) is 14.1. The molecule has 2 rings (SSSR count). The van der Waals surface area contributed by atoms with Crippen molar-refractivity contribution in [3.05, 3.63) is 54.1 Å². The summed E-state index contributed by atoms with van der Waals surface area (Å²) in [7, 11) is -0.0812. The van der Waals surface area contributed by atoms with E-state index in [1.165, 1.54) is 19.2 Å². The number of hydrogen-bond acceptors (Lipinski definition) is 4. The zero-order chi connectivity index (χ0) is 14.5. The summed E-state index contributed by atoms with van der Waals surface area (Å²) in [6, 6.07) is 13.2. The van der Waals surface area contributed by atoms with Crippen molar-refractivity contribution >= 4 is 24.2 Å². The molecular weight excluding hydrogens is 257 g/mol. The molecule has 0 saturated carbocycles. The third kappa shape index (κ3) is 3.17. The minimum atomic E-state index is -1.60. The summed E-state index contributed by atoms with van der Waals surface area (Å²) < 4.78 is 5.15. The molecule has 102 valence electrons. The zero-order valence-electron chi connectivity index (χ0n) is 10.9. The molecule has 0 radical (unpaired) electrons. The lowest BCUT2D eigenvalue weighted by atomic mass is 9.79. The number of carbonyl (C=O) groups is 1. The van der Waals surface area contributed by atoms with E-state index in [1.807, 2.05) is 0 Å². The van der Waals surface area contributed by atoms with E-state index in [9.17, 15) is 4.79 Å². The van der Waals surface area contributed by atoms with Gasteiger partial charge >= 0.3 is 7.12 Å². The maximum absolute atomic E-state index is 12.1. The molecule has 2 aromatic rings. The molecule has 5 nitrogen and oxygen atoms in total. The Kier molecular flexibility index (Phi) is 4.39. The minimum Gasteiger partial charge on any atom is -0.495 e. The maximum Gasteiger partial charge on any atom is 0.488 e. The molecule has 0 heterocycles. The van der Waals surface area contributed by atoms with Crippen LogP contribution in [0.3, 0.4) is 0 Å². The van der Waals surface area contributed by atoms with Crippen LogP contribution >= 0.6 is 0 Å². The van der Waals surface area contributed by atoms with Gasteiger partial charge in [0.1, 0.15) is 5.75 Å². The summed E-state index contributed by atoms with van der Waals surface area (Å²) in [5.41, 5.74) is 1.15. The van der Waals surface area contributed by atoms with Crippen molar-refractivity contribution in [1.29, 1.82) is 0 Å². The Morgan fingerprint density at radius 1 is 1.15 bits per heavy atom. The quantitative estimate of drug-likeness (QED) is 0.712. The Bertz CT molecular complexity index is 616. The lowest BCUT2D eigenvalue weighted by Gasteiger charge is -2.10. The number of carbonyl (C=O) groups excluding carboxylic acids is 1. The lowest BCUT2D eigenvalue weighted by molar-refractivity contribution is 0.102. The molecule has 0 aromatic heterocycles. The molecule has 0 aliphatic rings. The van der Waals surface area contributed by atoms with Gasteiger partial charge in [-0.2, -0.15) is 0 Å². The minimum absolute atomic E-state index is 0.262. The Morgan fingerprint density at radius 2 is 1.90 bits per heavy atom. The summed E-state index contributed by atoms with van der Waals surface area (Å²) >= 11 is 0. The average molecular weight is 271 g/mol. The van der Waals surface area contributed by atoms with Crippen LogP contribution in [0.1, 0.15) is 10.4 Å². The number of rotatable bonds is 4. The highest BCUT2D eigenvalue weighted by Crippen LogP contribution is 2.23. The van der Waals surface area contributed by atoms with Gasteiger partial charge in [0.25, 0.3) is 5.91 Å². The van der Waals surface area contributed by atoms with E-state index >= 15 is 0 Å². The van der Waals surface area contributed by atoms with Crippen LogP contribution in [0.2, 0.25) is 0 Å². The van der Waals surface area contributed by atoms with Gasteiger partial charge in [0.05, 0.1) is 12.8 Å². The molecule has 0 fully saturated rings. The number of amides is 1.